The molecule has 0 aliphatic heterocycles. The number of aryl methyl sites for hydroxylation is 1. The second-order valence-electron chi connectivity index (χ2n) is 4.10. The van der Waals surface area contributed by atoms with Gasteiger partial charge in [0.25, 0.3) is 0 Å². The molecule has 90 valence electrons. The van der Waals surface area contributed by atoms with Crippen LogP contribution in [0, 0.1) is 20.8 Å². The zero-order valence-corrected chi connectivity index (χ0v) is 10.7. The molecule has 0 saturated heterocycles. The first-order valence-electron chi connectivity index (χ1n) is 5.65. The van der Waals surface area contributed by atoms with Crippen molar-refractivity contribution in [2.24, 2.45) is 0 Å². The van der Waals surface area contributed by atoms with E-state index in [1.807, 2.05) is 39.3 Å². The van der Waals surface area contributed by atoms with Crippen LogP contribution in [0.4, 0.5) is 0 Å². The standard InChI is InChI=1S/C12H20N2O2/c1-6-16-12(15)7-8(2)14-11(5)9(3)10(4)13-14/h8H,6-7H2,1-5H3. The predicted molar refractivity (Wildman–Crippen MR) is 62.4 cm³/mol. The van der Waals surface area contributed by atoms with E-state index in [2.05, 4.69) is 5.10 Å². The molecule has 1 aromatic heterocycles. The van der Waals surface area contributed by atoms with Crippen LogP contribution in [0.3, 0.4) is 0 Å². The van der Waals surface area contributed by atoms with Crippen molar-refractivity contribution in [2.45, 2.75) is 47.1 Å². The summed E-state index contributed by atoms with van der Waals surface area (Å²) in [5.41, 5.74) is 3.33. The van der Waals surface area contributed by atoms with Crippen molar-refractivity contribution in [3.05, 3.63) is 17.0 Å². The molecule has 0 amide bonds. The van der Waals surface area contributed by atoms with Crippen LogP contribution in [-0.2, 0) is 9.53 Å². The Morgan fingerprint density at radius 3 is 2.50 bits per heavy atom. The summed E-state index contributed by atoms with van der Waals surface area (Å²) in [5.74, 6) is -0.166. The molecule has 0 aliphatic rings. The fraction of sp³-hybridized carbons (Fsp3) is 0.667. The first-order valence-corrected chi connectivity index (χ1v) is 5.65. The fourth-order valence-electron chi connectivity index (χ4n) is 1.72. The Morgan fingerprint density at radius 2 is 2.06 bits per heavy atom. The highest BCUT2D eigenvalue weighted by Gasteiger charge is 2.16. The largest absolute Gasteiger partial charge is 0.466 e. The molecule has 0 N–H and O–H groups in total. The maximum absolute atomic E-state index is 11.4. The molecule has 16 heavy (non-hydrogen) atoms. The highest BCUT2D eigenvalue weighted by Crippen LogP contribution is 2.18. The highest BCUT2D eigenvalue weighted by molar-refractivity contribution is 5.69. The van der Waals surface area contributed by atoms with Crippen molar-refractivity contribution in [1.82, 2.24) is 9.78 Å². The summed E-state index contributed by atoms with van der Waals surface area (Å²) in [4.78, 5) is 11.4. The van der Waals surface area contributed by atoms with Gasteiger partial charge in [-0.15, -0.1) is 0 Å². The van der Waals surface area contributed by atoms with E-state index in [1.54, 1.807) is 0 Å². The minimum absolute atomic E-state index is 0.0476. The zero-order chi connectivity index (χ0) is 12.3. The lowest BCUT2D eigenvalue weighted by molar-refractivity contribution is -0.144. The Labute approximate surface area is 96.6 Å². The number of carbonyl (C=O) groups is 1. The number of rotatable bonds is 4. The van der Waals surface area contributed by atoms with Gasteiger partial charge < -0.3 is 4.74 Å². The summed E-state index contributed by atoms with van der Waals surface area (Å²) in [5, 5.41) is 4.43. The van der Waals surface area contributed by atoms with E-state index in [4.69, 9.17) is 4.74 Å². The van der Waals surface area contributed by atoms with Crippen LogP contribution in [0.1, 0.15) is 43.3 Å². The predicted octanol–water partition coefficient (Wildman–Crippen LogP) is 2.32. The first-order chi connectivity index (χ1) is 7.47. The van der Waals surface area contributed by atoms with Gasteiger partial charge in [0.1, 0.15) is 0 Å². The average molecular weight is 224 g/mol. The fourth-order valence-corrected chi connectivity index (χ4v) is 1.72. The Kier molecular flexibility index (Phi) is 4.10. The normalized spacial score (nSPS) is 12.6. The third-order valence-electron chi connectivity index (χ3n) is 2.87. The molecule has 1 aromatic rings. The molecular weight excluding hydrogens is 204 g/mol. The molecule has 4 heteroatoms. The molecule has 4 nitrogen and oxygen atoms in total. The van der Waals surface area contributed by atoms with E-state index in [-0.39, 0.29) is 12.0 Å². The Hall–Kier alpha value is -1.32. The number of aromatic nitrogens is 2. The van der Waals surface area contributed by atoms with Crippen molar-refractivity contribution < 1.29 is 9.53 Å². The lowest BCUT2D eigenvalue weighted by atomic mass is 10.2. The van der Waals surface area contributed by atoms with Gasteiger partial charge in [0, 0.05) is 5.69 Å². The third kappa shape index (κ3) is 2.62. The maximum Gasteiger partial charge on any atom is 0.307 e. The summed E-state index contributed by atoms with van der Waals surface area (Å²) in [6, 6.07) is 0.0476. The van der Waals surface area contributed by atoms with Crippen molar-refractivity contribution in [3.8, 4) is 0 Å². The Balaban J connectivity index is 2.76. The minimum atomic E-state index is -0.166. The average Bonchev–Trinajstić information content (AvgIpc) is 2.46. The molecule has 0 radical (unpaired) electrons. The number of hydrogen-bond acceptors (Lipinski definition) is 3. The van der Waals surface area contributed by atoms with Crippen LogP contribution in [-0.4, -0.2) is 22.4 Å². The Morgan fingerprint density at radius 1 is 1.44 bits per heavy atom. The first kappa shape index (κ1) is 12.7. The molecule has 1 atom stereocenters. The van der Waals surface area contributed by atoms with E-state index < -0.39 is 0 Å². The van der Waals surface area contributed by atoms with Crippen molar-refractivity contribution in [2.75, 3.05) is 6.61 Å². The summed E-state index contributed by atoms with van der Waals surface area (Å²) >= 11 is 0. The molecule has 0 fully saturated rings. The van der Waals surface area contributed by atoms with Gasteiger partial charge in [-0.2, -0.15) is 5.10 Å². The van der Waals surface area contributed by atoms with Crippen molar-refractivity contribution >= 4 is 5.97 Å². The van der Waals surface area contributed by atoms with Gasteiger partial charge in [0.15, 0.2) is 0 Å². The summed E-state index contributed by atoms with van der Waals surface area (Å²) in [6.45, 7) is 10.3. The van der Waals surface area contributed by atoms with Crippen LogP contribution >= 0.6 is 0 Å². The quantitative estimate of drug-likeness (QED) is 0.737. The smallest absolute Gasteiger partial charge is 0.307 e. The molecule has 0 aromatic carbocycles. The van der Waals surface area contributed by atoms with Crippen molar-refractivity contribution in [3.63, 3.8) is 0 Å². The number of nitrogens with zero attached hydrogens (tertiary/aromatic N) is 2. The van der Waals surface area contributed by atoms with Gasteiger partial charge in [-0.25, -0.2) is 0 Å². The zero-order valence-electron chi connectivity index (χ0n) is 10.7. The molecule has 1 heterocycles. The van der Waals surface area contributed by atoms with Crippen molar-refractivity contribution in [1.29, 1.82) is 0 Å². The second-order valence-corrected chi connectivity index (χ2v) is 4.10. The second kappa shape index (κ2) is 5.14. The molecule has 0 spiro atoms. The van der Waals surface area contributed by atoms with Gasteiger partial charge in [-0.1, -0.05) is 0 Å². The molecule has 1 rings (SSSR count). The summed E-state index contributed by atoms with van der Waals surface area (Å²) in [6.07, 6.45) is 0.370. The topological polar surface area (TPSA) is 44.1 Å². The van der Waals surface area contributed by atoms with Crippen LogP contribution in [0.2, 0.25) is 0 Å². The van der Waals surface area contributed by atoms with Crippen LogP contribution in [0.25, 0.3) is 0 Å². The molecular formula is C12H20N2O2. The number of carbonyl (C=O) groups excluding carboxylic acids is 1. The van der Waals surface area contributed by atoms with Crippen LogP contribution in [0.15, 0.2) is 0 Å². The van der Waals surface area contributed by atoms with Crippen LogP contribution < -0.4 is 0 Å². The molecule has 0 aliphatic carbocycles. The summed E-state index contributed by atoms with van der Waals surface area (Å²) in [7, 11) is 0. The monoisotopic (exact) mass is 224 g/mol. The van der Waals surface area contributed by atoms with E-state index in [9.17, 15) is 4.79 Å². The lowest BCUT2D eigenvalue weighted by Gasteiger charge is -2.13. The van der Waals surface area contributed by atoms with Gasteiger partial charge in [-0.05, 0) is 40.2 Å². The van der Waals surface area contributed by atoms with Gasteiger partial charge >= 0.3 is 5.97 Å². The van der Waals surface area contributed by atoms with Crippen LogP contribution in [0.5, 0.6) is 0 Å². The molecule has 0 saturated carbocycles. The minimum Gasteiger partial charge on any atom is -0.466 e. The van der Waals surface area contributed by atoms with E-state index in [0.29, 0.717) is 13.0 Å². The molecule has 1 unspecified atom stereocenters. The van der Waals surface area contributed by atoms with Gasteiger partial charge in [0.05, 0.1) is 24.8 Å². The SMILES string of the molecule is CCOC(=O)CC(C)n1nc(C)c(C)c1C. The number of ether oxygens (including phenoxy) is 1. The van der Waals surface area contributed by atoms with E-state index in [0.717, 1.165) is 11.4 Å². The third-order valence-corrected chi connectivity index (χ3v) is 2.87. The highest BCUT2D eigenvalue weighted by atomic mass is 16.5. The summed E-state index contributed by atoms with van der Waals surface area (Å²) < 4.78 is 6.84. The Bertz CT molecular complexity index is 383. The van der Waals surface area contributed by atoms with E-state index >= 15 is 0 Å². The maximum atomic E-state index is 11.4. The van der Waals surface area contributed by atoms with Gasteiger partial charge in [-0.3, -0.25) is 9.48 Å². The van der Waals surface area contributed by atoms with E-state index in [1.165, 1.54) is 5.56 Å². The lowest BCUT2D eigenvalue weighted by Crippen LogP contribution is -2.15. The van der Waals surface area contributed by atoms with Gasteiger partial charge in [0.2, 0.25) is 0 Å². The number of esters is 1. The molecule has 0 bridgehead atoms. The number of hydrogen-bond donors (Lipinski definition) is 0.